The molecule has 4 heterocycles. The SMILES string of the molecule is COCc1ccc(Br)c(NC(=O)[C@@H]2CC(C)(CNC(=O)CNC(=O)OC)CN2C(=O)Cn2nc(C(C)=O)c3cc(-c4cnc(C)nc4)ccc32)n1. The molecule has 4 amide bonds. The van der Waals surface area contributed by atoms with Gasteiger partial charge in [0.15, 0.2) is 5.78 Å². The molecule has 0 saturated carbocycles. The first kappa shape index (κ1) is 37.0. The van der Waals surface area contributed by atoms with Gasteiger partial charge in [-0.15, -0.1) is 0 Å². The fraction of sp³-hybridized carbons (Fsp3) is 0.382. The topological polar surface area (TPSA) is 200 Å². The molecule has 0 radical (unpaired) electrons. The summed E-state index contributed by atoms with van der Waals surface area (Å²) < 4.78 is 11.7. The number of likely N-dealkylation sites (tertiary alicyclic amines) is 1. The maximum absolute atomic E-state index is 14.2. The van der Waals surface area contributed by atoms with Crippen LogP contribution in [-0.4, -0.2) is 99.1 Å². The van der Waals surface area contributed by atoms with Crippen LogP contribution in [0.15, 0.2) is 47.2 Å². The number of carbonyl (C=O) groups is 5. The monoisotopic (exact) mass is 763 g/mol. The van der Waals surface area contributed by atoms with Crippen LogP contribution in [0.2, 0.25) is 0 Å². The Hall–Kier alpha value is -5.29. The van der Waals surface area contributed by atoms with Crippen LogP contribution < -0.4 is 16.0 Å². The van der Waals surface area contributed by atoms with Gasteiger partial charge in [0.2, 0.25) is 17.7 Å². The van der Waals surface area contributed by atoms with Crippen molar-refractivity contribution in [3.8, 4) is 11.1 Å². The minimum absolute atomic E-state index is 0.109. The number of methoxy groups -OCH3 is 2. The Labute approximate surface area is 301 Å². The molecule has 1 aromatic carbocycles. The van der Waals surface area contributed by atoms with E-state index in [1.54, 1.807) is 37.5 Å². The number of carbonyl (C=O) groups excluding carboxylic acids is 5. The minimum atomic E-state index is -0.949. The average molecular weight is 765 g/mol. The summed E-state index contributed by atoms with van der Waals surface area (Å²) in [5.74, 6) is -0.757. The lowest BCUT2D eigenvalue weighted by Crippen LogP contribution is -2.45. The molecular formula is C34H38BrN9O7. The summed E-state index contributed by atoms with van der Waals surface area (Å²) in [6.07, 6.45) is 2.84. The molecule has 16 nitrogen and oxygen atoms in total. The molecule has 0 aliphatic carbocycles. The van der Waals surface area contributed by atoms with Gasteiger partial charge in [-0.1, -0.05) is 13.0 Å². The normalized spacial score (nSPS) is 16.9. The van der Waals surface area contributed by atoms with E-state index in [4.69, 9.17) is 4.74 Å². The maximum Gasteiger partial charge on any atom is 0.407 e. The molecule has 268 valence electrons. The number of hydrogen-bond donors (Lipinski definition) is 3. The Morgan fingerprint density at radius 2 is 1.78 bits per heavy atom. The fourth-order valence-corrected chi connectivity index (χ4v) is 6.20. The van der Waals surface area contributed by atoms with Crippen molar-refractivity contribution in [3.63, 3.8) is 0 Å². The van der Waals surface area contributed by atoms with E-state index in [-0.39, 0.29) is 56.5 Å². The summed E-state index contributed by atoms with van der Waals surface area (Å²) in [6, 6.07) is 7.98. The highest BCUT2D eigenvalue weighted by Gasteiger charge is 2.46. The van der Waals surface area contributed by atoms with Crippen LogP contribution in [0.4, 0.5) is 10.6 Å². The summed E-state index contributed by atoms with van der Waals surface area (Å²) in [4.78, 5) is 79.1. The number of alkyl carbamates (subject to hydrolysis) is 1. The second-order valence-corrected chi connectivity index (χ2v) is 13.4. The van der Waals surface area contributed by atoms with E-state index in [0.717, 1.165) is 11.1 Å². The molecule has 3 aromatic heterocycles. The summed E-state index contributed by atoms with van der Waals surface area (Å²) in [5.41, 5.74) is 2.15. The van der Waals surface area contributed by atoms with E-state index >= 15 is 0 Å². The average Bonchev–Trinajstić information content (AvgIpc) is 3.66. The van der Waals surface area contributed by atoms with Crippen molar-refractivity contribution >= 4 is 62.2 Å². The molecule has 1 aliphatic rings. The van der Waals surface area contributed by atoms with Gasteiger partial charge in [0.25, 0.3) is 0 Å². The molecular weight excluding hydrogens is 726 g/mol. The number of halogens is 1. The lowest BCUT2D eigenvalue weighted by atomic mass is 9.87. The van der Waals surface area contributed by atoms with E-state index < -0.39 is 35.3 Å². The number of nitrogens with one attached hydrogen (secondary N) is 3. The highest BCUT2D eigenvalue weighted by molar-refractivity contribution is 9.10. The van der Waals surface area contributed by atoms with Gasteiger partial charge in [0.05, 0.1) is 35.9 Å². The molecule has 1 saturated heterocycles. The van der Waals surface area contributed by atoms with Crippen LogP contribution in [0.1, 0.15) is 42.3 Å². The third-order valence-corrected chi connectivity index (χ3v) is 9.09. The predicted molar refractivity (Wildman–Crippen MR) is 188 cm³/mol. The third-order valence-electron chi connectivity index (χ3n) is 8.45. The molecule has 2 atom stereocenters. The van der Waals surface area contributed by atoms with Gasteiger partial charge in [-0.25, -0.2) is 19.7 Å². The van der Waals surface area contributed by atoms with Crippen molar-refractivity contribution in [1.29, 1.82) is 0 Å². The predicted octanol–water partition coefficient (Wildman–Crippen LogP) is 3.03. The van der Waals surface area contributed by atoms with Crippen molar-refractivity contribution in [3.05, 3.63) is 64.4 Å². The number of hydrogen-bond acceptors (Lipinski definition) is 11. The standard InChI is InChI=1S/C34H38BrN9O7/c1-19(45)30-24-10-21(22-12-36-20(2)37-13-22)6-9-26(24)44(42-30)15-29(47)43-18-34(3,17-39-28(46)14-38-33(49)51-5)11-27(43)32(48)41-31-25(35)8-7-23(40-31)16-50-4/h6-10,12-13,27H,11,14-18H2,1-5H3,(H,38,49)(H,39,46)(H,40,41,48)/t27-,34?/m0/s1. The van der Waals surface area contributed by atoms with E-state index in [1.165, 1.54) is 30.7 Å². The largest absolute Gasteiger partial charge is 0.453 e. The van der Waals surface area contributed by atoms with Gasteiger partial charge in [-0.2, -0.15) is 5.10 Å². The molecule has 1 unspecified atom stereocenters. The maximum atomic E-state index is 14.2. The number of ether oxygens (including phenoxy) is 2. The van der Waals surface area contributed by atoms with Crippen LogP contribution in [0.25, 0.3) is 22.0 Å². The Balaban J connectivity index is 1.42. The van der Waals surface area contributed by atoms with E-state index in [9.17, 15) is 24.0 Å². The van der Waals surface area contributed by atoms with Gasteiger partial charge in [-0.05, 0) is 59.1 Å². The zero-order valence-electron chi connectivity index (χ0n) is 28.8. The van der Waals surface area contributed by atoms with Gasteiger partial charge in [0.1, 0.15) is 29.9 Å². The number of amides is 4. The number of fused-ring (bicyclic) bond motifs is 1. The molecule has 1 fully saturated rings. The van der Waals surface area contributed by atoms with Crippen LogP contribution >= 0.6 is 15.9 Å². The molecule has 51 heavy (non-hydrogen) atoms. The second-order valence-electron chi connectivity index (χ2n) is 12.5. The van der Waals surface area contributed by atoms with Crippen molar-refractivity contribution < 1.29 is 33.4 Å². The minimum Gasteiger partial charge on any atom is -0.453 e. The smallest absolute Gasteiger partial charge is 0.407 e. The summed E-state index contributed by atoms with van der Waals surface area (Å²) in [5, 5.41) is 13.0. The van der Waals surface area contributed by atoms with Gasteiger partial charge >= 0.3 is 6.09 Å². The number of benzene rings is 1. The van der Waals surface area contributed by atoms with E-state index in [1.807, 2.05) is 19.1 Å². The van der Waals surface area contributed by atoms with Crippen molar-refractivity contribution in [2.45, 2.75) is 46.4 Å². The first-order chi connectivity index (χ1) is 24.3. The van der Waals surface area contributed by atoms with Crippen molar-refractivity contribution in [1.82, 2.24) is 40.3 Å². The Morgan fingerprint density at radius 1 is 1.04 bits per heavy atom. The summed E-state index contributed by atoms with van der Waals surface area (Å²) in [7, 11) is 2.73. The van der Waals surface area contributed by atoms with Crippen LogP contribution in [-0.2, 0) is 37.0 Å². The molecule has 5 rings (SSSR count). The summed E-state index contributed by atoms with van der Waals surface area (Å²) in [6.45, 7) is 4.93. The van der Waals surface area contributed by atoms with Crippen LogP contribution in [0.3, 0.4) is 0 Å². The van der Waals surface area contributed by atoms with Crippen molar-refractivity contribution in [2.24, 2.45) is 5.41 Å². The number of Topliss-reactive ketones (excluding diaryl/α,β-unsaturated/α-hetero) is 1. The fourth-order valence-electron chi connectivity index (χ4n) is 5.88. The summed E-state index contributed by atoms with van der Waals surface area (Å²) >= 11 is 3.43. The number of aryl methyl sites for hydroxylation is 1. The second kappa shape index (κ2) is 15.7. The number of anilines is 1. The Kier molecular flexibility index (Phi) is 11.4. The lowest BCUT2D eigenvalue weighted by Gasteiger charge is -2.25. The lowest BCUT2D eigenvalue weighted by molar-refractivity contribution is -0.137. The Bertz CT molecular complexity index is 1980. The Morgan fingerprint density at radius 3 is 2.47 bits per heavy atom. The number of nitrogens with zero attached hydrogens (tertiary/aromatic N) is 6. The molecule has 17 heteroatoms. The molecule has 4 aromatic rings. The first-order valence-corrected chi connectivity index (χ1v) is 16.7. The zero-order valence-corrected chi connectivity index (χ0v) is 30.4. The molecule has 3 N–H and O–H groups in total. The number of ketones is 1. The van der Waals surface area contributed by atoms with Gasteiger partial charge in [0, 0.05) is 55.9 Å². The molecule has 1 aliphatic heterocycles. The highest BCUT2D eigenvalue weighted by atomic mass is 79.9. The number of aromatic nitrogens is 5. The first-order valence-electron chi connectivity index (χ1n) is 15.9. The molecule has 0 spiro atoms. The van der Waals surface area contributed by atoms with E-state index in [2.05, 4.69) is 56.7 Å². The number of rotatable bonds is 12. The third kappa shape index (κ3) is 8.72. The van der Waals surface area contributed by atoms with Gasteiger partial charge < -0.3 is 30.3 Å². The van der Waals surface area contributed by atoms with Crippen LogP contribution in [0.5, 0.6) is 0 Å². The number of pyridine rings is 1. The van der Waals surface area contributed by atoms with Crippen LogP contribution in [0, 0.1) is 12.3 Å². The highest BCUT2D eigenvalue weighted by Crippen LogP contribution is 2.36. The van der Waals surface area contributed by atoms with E-state index in [0.29, 0.717) is 26.9 Å². The zero-order chi connectivity index (χ0) is 36.9. The molecule has 0 bridgehead atoms. The van der Waals surface area contributed by atoms with Gasteiger partial charge in [-0.3, -0.25) is 23.9 Å². The quantitative estimate of drug-likeness (QED) is 0.179. The van der Waals surface area contributed by atoms with Crippen molar-refractivity contribution in [2.75, 3.05) is 39.2 Å².